The summed E-state index contributed by atoms with van der Waals surface area (Å²) in [5.74, 6) is 0. The fourth-order valence-electron chi connectivity index (χ4n) is 2.53. The van der Waals surface area contributed by atoms with Gasteiger partial charge >= 0.3 is 0 Å². The van der Waals surface area contributed by atoms with Crippen molar-refractivity contribution in [2.24, 2.45) is 0 Å². The highest BCUT2D eigenvalue weighted by Crippen LogP contribution is 2.18. The largest absolute Gasteiger partial charge is 0.241 e. The second-order valence-corrected chi connectivity index (χ2v) is 7.55. The summed E-state index contributed by atoms with van der Waals surface area (Å²) in [6.45, 7) is 6.07. The maximum atomic E-state index is 12.5. The van der Waals surface area contributed by atoms with Gasteiger partial charge in [-0.25, -0.2) is 13.1 Å². The van der Waals surface area contributed by atoms with Crippen LogP contribution in [0.3, 0.4) is 0 Å². The van der Waals surface area contributed by atoms with E-state index in [4.69, 9.17) is 0 Å². The lowest BCUT2D eigenvalue weighted by atomic mass is 10.1. The quantitative estimate of drug-likeness (QED) is 0.825. The summed E-state index contributed by atoms with van der Waals surface area (Å²) in [7, 11) is -3.51. The average molecular weight is 331 g/mol. The number of aryl methyl sites for hydroxylation is 2. The van der Waals surface area contributed by atoms with Crippen LogP contribution in [0.1, 0.15) is 49.9 Å². The average Bonchev–Trinajstić information content (AvgIpc) is 2.55. The second kappa shape index (κ2) is 7.75. The molecule has 23 heavy (non-hydrogen) atoms. The van der Waals surface area contributed by atoms with Gasteiger partial charge in [-0.15, -0.1) is 0 Å². The van der Waals surface area contributed by atoms with Gasteiger partial charge in [0.25, 0.3) is 0 Å². The summed E-state index contributed by atoms with van der Waals surface area (Å²) in [6.07, 6.45) is 2.99. The lowest BCUT2D eigenvalue weighted by Crippen LogP contribution is -2.26. The molecule has 1 atom stereocenters. The number of benzene rings is 2. The smallest absolute Gasteiger partial charge is 0.207 e. The normalized spacial score (nSPS) is 13.0. The molecule has 0 amide bonds. The third-order valence-electron chi connectivity index (χ3n) is 3.99. The summed E-state index contributed by atoms with van der Waals surface area (Å²) in [6, 6.07) is 14.9. The highest BCUT2D eigenvalue weighted by Gasteiger charge is 2.18. The standard InChI is InChI=1S/C19H25NO2S/c1-4-6-17-9-13-19(14-10-17)23(21,22)20-15(3)18-11-7-16(5-2)8-12-18/h7-15,20H,4-6H2,1-3H3. The van der Waals surface area contributed by atoms with Crippen molar-refractivity contribution in [3.63, 3.8) is 0 Å². The van der Waals surface area contributed by atoms with Crippen LogP contribution in [0.15, 0.2) is 53.4 Å². The molecule has 1 N–H and O–H groups in total. The molecular weight excluding hydrogens is 306 g/mol. The Kier molecular flexibility index (Phi) is 5.97. The number of hydrogen-bond acceptors (Lipinski definition) is 2. The second-order valence-electron chi connectivity index (χ2n) is 5.83. The molecule has 0 bridgehead atoms. The fraction of sp³-hybridized carbons (Fsp3) is 0.368. The van der Waals surface area contributed by atoms with Crippen LogP contribution in [0.5, 0.6) is 0 Å². The number of rotatable bonds is 7. The molecule has 0 radical (unpaired) electrons. The third-order valence-corrected chi connectivity index (χ3v) is 5.55. The van der Waals surface area contributed by atoms with Crippen molar-refractivity contribution < 1.29 is 8.42 Å². The predicted octanol–water partition coefficient (Wildman–Crippen LogP) is 4.24. The molecule has 0 aliphatic heterocycles. The molecule has 0 saturated heterocycles. The van der Waals surface area contributed by atoms with E-state index in [1.807, 2.05) is 43.3 Å². The van der Waals surface area contributed by atoms with Gasteiger partial charge in [0.05, 0.1) is 4.90 Å². The maximum absolute atomic E-state index is 12.5. The highest BCUT2D eigenvalue weighted by molar-refractivity contribution is 7.89. The molecule has 1 unspecified atom stereocenters. The van der Waals surface area contributed by atoms with Crippen LogP contribution in [0.25, 0.3) is 0 Å². The zero-order valence-corrected chi connectivity index (χ0v) is 14.9. The summed E-state index contributed by atoms with van der Waals surface area (Å²) in [5, 5.41) is 0. The molecule has 4 heteroatoms. The van der Waals surface area contributed by atoms with Gasteiger partial charge in [-0.05, 0) is 48.6 Å². The van der Waals surface area contributed by atoms with E-state index in [1.165, 1.54) is 5.56 Å². The molecule has 0 saturated carbocycles. The van der Waals surface area contributed by atoms with E-state index in [0.29, 0.717) is 4.90 Å². The Morgan fingerprint density at radius 3 is 2.00 bits per heavy atom. The Balaban J connectivity index is 2.12. The van der Waals surface area contributed by atoms with Gasteiger partial charge in [-0.3, -0.25) is 0 Å². The zero-order chi connectivity index (χ0) is 16.9. The lowest BCUT2D eigenvalue weighted by Gasteiger charge is -2.15. The Morgan fingerprint density at radius 2 is 1.48 bits per heavy atom. The van der Waals surface area contributed by atoms with Crippen molar-refractivity contribution >= 4 is 10.0 Å². The van der Waals surface area contributed by atoms with Crippen LogP contribution >= 0.6 is 0 Å². The van der Waals surface area contributed by atoms with E-state index in [1.54, 1.807) is 12.1 Å². The monoisotopic (exact) mass is 331 g/mol. The maximum Gasteiger partial charge on any atom is 0.241 e. The molecule has 3 nitrogen and oxygen atoms in total. The molecule has 0 heterocycles. The van der Waals surface area contributed by atoms with Crippen molar-refractivity contribution in [2.45, 2.75) is 51.0 Å². The zero-order valence-electron chi connectivity index (χ0n) is 14.0. The van der Waals surface area contributed by atoms with E-state index in [0.717, 1.165) is 30.4 Å². The summed E-state index contributed by atoms with van der Waals surface area (Å²) in [5.41, 5.74) is 3.37. The Hall–Kier alpha value is -1.65. The number of nitrogens with one attached hydrogen (secondary N) is 1. The highest BCUT2D eigenvalue weighted by atomic mass is 32.2. The van der Waals surface area contributed by atoms with Crippen LogP contribution in [0.2, 0.25) is 0 Å². The first-order valence-electron chi connectivity index (χ1n) is 8.16. The van der Waals surface area contributed by atoms with Gasteiger partial charge in [0, 0.05) is 6.04 Å². The van der Waals surface area contributed by atoms with E-state index in [2.05, 4.69) is 18.6 Å². The molecule has 0 aliphatic carbocycles. The molecule has 2 rings (SSSR count). The van der Waals surface area contributed by atoms with Crippen molar-refractivity contribution in [1.82, 2.24) is 4.72 Å². The molecule has 2 aromatic carbocycles. The summed E-state index contributed by atoms with van der Waals surface area (Å²) in [4.78, 5) is 0.314. The molecule has 0 fully saturated rings. The first kappa shape index (κ1) is 17.7. The van der Waals surface area contributed by atoms with Gasteiger partial charge in [0.15, 0.2) is 0 Å². The lowest BCUT2D eigenvalue weighted by molar-refractivity contribution is 0.567. The van der Waals surface area contributed by atoms with Crippen LogP contribution in [-0.4, -0.2) is 8.42 Å². The van der Waals surface area contributed by atoms with E-state index < -0.39 is 10.0 Å². The first-order chi connectivity index (χ1) is 11.0. The summed E-state index contributed by atoms with van der Waals surface area (Å²) >= 11 is 0. The van der Waals surface area contributed by atoms with Gasteiger partial charge in [0.1, 0.15) is 0 Å². The predicted molar refractivity (Wildman–Crippen MR) is 95.0 cm³/mol. The molecule has 0 aliphatic rings. The van der Waals surface area contributed by atoms with E-state index in [9.17, 15) is 8.42 Å². The van der Waals surface area contributed by atoms with Crippen molar-refractivity contribution in [1.29, 1.82) is 0 Å². The minimum atomic E-state index is -3.51. The number of hydrogen-bond donors (Lipinski definition) is 1. The van der Waals surface area contributed by atoms with E-state index >= 15 is 0 Å². The SMILES string of the molecule is CCCc1ccc(S(=O)(=O)NC(C)c2ccc(CC)cc2)cc1. The van der Waals surface area contributed by atoms with Crippen molar-refractivity contribution in [3.8, 4) is 0 Å². The molecule has 0 spiro atoms. The Morgan fingerprint density at radius 1 is 0.913 bits per heavy atom. The fourth-order valence-corrected chi connectivity index (χ4v) is 3.77. The minimum absolute atomic E-state index is 0.263. The molecule has 124 valence electrons. The molecule has 0 aromatic heterocycles. The summed E-state index contributed by atoms with van der Waals surface area (Å²) < 4.78 is 27.7. The Bertz CT molecular complexity index is 719. The minimum Gasteiger partial charge on any atom is -0.207 e. The molecular formula is C19H25NO2S. The topological polar surface area (TPSA) is 46.2 Å². The van der Waals surface area contributed by atoms with Gasteiger partial charge < -0.3 is 0 Å². The third kappa shape index (κ3) is 4.66. The van der Waals surface area contributed by atoms with Crippen LogP contribution in [-0.2, 0) is 22.9 Å². The van der Waals surface area contributed by atoms with Crippen LogP contribution in [0.4, 0.5) is 0 Å². The van der Waals surface area contributed by atoms with Gasteiger partial charge in [-0.2, -0.15) is 0 Å². The van der Waals surface area contributed by atoms with Crippen LogP contribution in [0, 0.1) is 0 Å². The number of sulfonamides is 1. The van der Waals surface area contributed by atoms with Crippen LogP contribution < -0.4 is 4.72 Å². The first-order valence-corrected chi connectivity index (χ1v) is 9.64. The van der Waals surface area contributed by atoms with Crippen molar-refractivity contribution in [2.75, 3.05) is 0 Å². The van der Waals surface area contributed by atoms with Crippen molar-refractivity contribution in [3.05, 3.63) is 65.2 Å². The Labute approximate surface area is 139 Å². The molecule has 2 aromatic rings. The van der Waals surface area contributed by atoms with Gasteiger partial charge in [-0.1, -0.05) is 56.7 Å². The van der Waals surface area contributed by atoms with Gasteiger partial charge in [0.2, 0.25) is 10.0 Å². The van der Waals surface area contributed by atoms with E-state index in [-0.39, 0.29) is 6.04 Å².